The predicted octanol–water partition coefficient (Wildman–Crippen LogP) is 4.40. The van der Waals surface area contributed by atoms with E-state index in [-0.39, 0.29) is 36.4 Å². The number of carbonyl (C=O) groups excluding carboxylic acids is 1. The Bertz CT molecular complexity index is 1400. The molecule has 2 heterocycles. The van der Waals surface area contributed by atoms with Gasteiger partial charge in [-0.1, -0.05) is 55.1 Å². The highest BCUT2D eigenvalue weighted by molar-refractivity contribution is 7.99. The van der Waals surface area contributed by atoms with Crippen molar-refractivity contribution in [3.63, 3.8) is 0 Å². The van der Waals surface area contributed by atoms with Gasteiger partial charge >= 0.3 is 0 Å². The summed E-state index contributed by atoms with van der Waals surface area (Å²) in [4.78, 5) is 11.4. The van der Waals surface area contributed by atoms with E-state index in [1.165, 1.54) is 18.7 Å². The molecule has 0 saturated carbocycles. The third-order valence-corrected chi connectivity index (χ3v) is 7.55. The van der Waals surface area contributed by atoms with Crippen LogP contribution in [0.5, 0.6) is 5.75 Å². The maximum Gasteiger partial charge on any atom is 0.221 e. The number of ether oxygens (including phenoxy) is 2. The van der Waals surface area contributed by atoms with Crippen molar-refractivity contribution in [1.29, 1.82) is 0 Å². The molecule has 0 aliphatic carbocycles. The van der Waals surface area contributed by atoms with Gasteiger partial charge in [0.2, 0.25) is 11.1 Å². The number of benzene rings is 3. The number of rotatable bonds is 8. The van der Waals surface area contributed by atoms with Crippen LogP contribution in [-0.4, -0.2) is 48.2 Å². The Kier molecular flexibility index (Phi) is 8.22. The lowest BCUT2D eigenvalue weighted by atomic mass is 9.91. The van der Waals surface area contributed by atoms with Crippen molar-refractivity contribution in [1.82, 2.24) is 20.2 Å². The molecule has 3 N–H and O–H groups in total. The van der Waals surface area contributed by atoms with Crippen LogP contribution < -0.4 is 5.32 Å². The molecule has 11 heteroatoms. The van der Waals surface area contributed by atoms with E-state index in [1.54, 1.807) is 28.9 Å². The second-order valence-corrected chi connectivity index (χ2v) is 10.3. The lowest BCUT2D eigenvalue weighted by Gasteiger charge is -2.41. The largest absolute Gasteiger partial charge is 0.508 e. The van der Waals surface area contributed by atoms with Crippen molar-refractivity contribution in [2.75, 3.05) is 11.1 Å². The molecule has 4 unspecified atom stereocenters. The van der Waals surface area contributed by atoms with E-state index in [1.807, 2.05) is 48.5 Å². The van der Waals surface area contributed by atoms with E-state index < -0.39 is 6.29 Å². The number of aromatic hydroxyl groups is 1. The summed E-state index contributed by atoms with van der Waals surface area (Å²) in [5.74, 6) is 0.583. The molecule has 1 aromatic heterocycles. The van der Waals surface area contributed by atoms with Gasteiger partial charge in [-0.25, -0.2) is 0 Å². The van der Waals surface area contributed by atoms with E-state index in [2.05, 4.69) is 27.8 Å². The van der Waals surface area contributed by atoms with Crippen LogP contribution in [0.25, 0.3) is 5.69 Å². The maximum absolute atomic E-state index is 11.4. The number of nitrogens with zero attached hydrogens (tertiary/aromatic N) is 4. The van der Waals surface area contributed by atoms with Crippen molar-refractivity contribution in [3.8, 4) is 11.4 Å². The fraction of sp³-hybridized carbons (Fsp3) is 0.286. The molecule has 1 amide bonds. The maximum atomic E-state index is 11.4. The summed E-state index contributed by atoms with van der Waals surface area (Å²) >= 11 is 1.48. The smallest absolute Gasteiger partial charge is 0.221 e. The number of anilines is 1. The van der Waals surface area contributed by atoms with Crippen LogP contribution in [0.4, 0.5) is 5.69 Å². The summed E-state index contributed by atoms with van der Waals surface area (Å²) < 4.78 is 14.6. The molecule has 0 radical (unpaired) electrons. The molecular formula is C28H29N5O5S. The van der Waals surface area contributed by atoms with Gasteiger partial charge in [0, 0.05) is 29.8 Å². The lowest BCUT2D eigenvalue weighted by molar-refractivity contribution is -0.268. The molecule has 1 saturated heterocycles. The first-order valence-electron chi connectivity index (χ1n) is 12.5. The number of aliphatic hydroxyl groups is 1. The number of phenols is 1. The molecule has 1 aliphatic rings. The van der Waals surface area contributed by atoms with Gasteiger partial charge in [0.25, 0.3) is 0 Å². The van der Waals surface area contributed by atoms with Gasteiger partial charge in [-0.2, -0.15) is 4.68 Å². The van der Waals surface area contributed by atoms with E-state index >= 15 is 0 Å². The number of tetrazole rings is 1. The molecule has 10 nitrogen and oxygen atoms in total. The third kappa shape index (κ3) is 6.28. The highest BCUT2D eigenvalue weighted by Crippen LogP contribution is 2.43. The number of hydrogen-bond acceptors (Lipinski definition) is 9. The average molecular weight is 548 g/mol. The van der Waals surface area contributed by atoms with Crippen LogP contribution in [0.15, 0.2) is 78.0 Å². The topological polar surface area (TPSA) is 132 Å². The van der Waals surface area contributed by atoms with Gasteiger partial charge in [-0.15, -0.1) is 5.10 Å². The lowest BCUT2D eigenvalue weighted by Crippen LogP contribution is -2.38. The first-order chi connectivity index (χ1) is 18.9. The number of nitrogens with one attached hydrogen (secondary N) is 1. The minimum atomic E-state index is -0.631. The zero-order valence-corrected chi connectivity index (χ0v) is 22.3. The highest BCUT2D eigenvalue weighted by Gasteiger charge is 2.38. The second kappa shape index (κ2) is 12.0. The zero-order valence-electron chi connectivity index (χ0n) is 21.5. The van der Waals surface area contributed by atoms with Gasteiger partial charge in [0.15, 0.2) is 6.29 Å². The molecule has 0 spiro atoms. The molecule has 4 aromatic rings. The molecule has 1 aliphatic heterocycles. The highest BCUT2D eigenvalue weighted by atomic mass is 32.2. The Balaban J connectivity index is 1.38. The number of aliphatic hydroxyl groups excluding tert-OH is 1. The third-order valence-electron chi connectivity index (χ3n) is 6.54. The van der Waals surface area contributed by atoms with Gasteiger partial charge in [-0.3, -0.25) is 4.79 Å². The quantitative estimate of drug-likeness (QED) is 0.275. The van der Waals surface area contributed by atoms with E-state index in [9.17, 15) is 15.0 Å². The summed E-state index contributed by atoms with van der Waals surface area (Å²) in [6.45, 7) is 3.53. The van der Waals surface area contributed by atoms with Crippen molar-refractivity contribution < 1.29 is 24.5 Å². The van der Waals surface area contributed by atoms with Crippen LogP contribution in [0.1, 0.15) is 42.9 Å². The molecule has 1 fully saturated rings. The zero-order chi connectivity index (χ0) is 27.4. The van der Waals surface area contributed by atoms with Gasteiger partial charge in [0.05, 0.1) is 24.5 Å². The molecule has 4 atom stereocenters. The predicted molar refractivity (Wildman–Crippen MR) is 145 cm³/mol. The molecule has 3 aromatic carbocycles. The van der Waals surface area contributed by atoms with Crippen LogP contribution in [0.2, 0.25) is 0 Å². The Morgan fingerprint density at radius 3 is 2.36 bits per heavy atom. The summed E-state index contributed by atoms with van der Waals surface area (Å²) in [6, 6.07) is 21.8. The number of amides is 1. The average Bonchev–Trinajstić information content (AvgIpc) is 3.42. The second-order valence-electron chi connectivity index (χ2n) is 9.33. The number of phenolic OH excluding ortho intramolecular Hbond substituents is 1. The normalized spacial score (nSPS) is 21.0. The first-order valence-corrected chi connectivity index (χ1v) is 13.5. The van der Waals surface area contributed by atoms with Gasteiger partial charge in [0.1, 0.15) is 5.75 Å². The molecule has 5 rings (SSSR count). The number of thioether (sulfide) groups is 1. The van der Waals surface area contributed by atoms with Crippen molar-refractivity contribution >= 4 is 23.4 Å². The molecule has 0 bridgehead atoms. The van der Waals surface area contributed by atoms with E-state index in [0.29, 0.717) is 16.6 Å². The summed E-state index contributed by atoms with van der Waals surface area (Å²) in [6.07, 6.45) is -1.10. The molecule has 202 valence electrons. The Labute approximate surface area is 230 Å². The van der Waals surface area contributed by atoms with Gasteiger partial charge < -0.3 is 25.0 Å². The number of aromatic nitrogens is 4. The first kappa shape index (κ1) is 26.8. The van der Waals surface area contributed by atoms with Crippen molar-refractivity contribution in [2.45, 2.75) is 44.1 Å². The summed E-state index contributed by atoms with van der Waals surface area (Å²) in [5.41, 5.74) is 4.08. The van der Waals surface area contributed by atoms with Crippen LogP contribution in [-0.2, 0) is 20.9 Å². The monoisotopic (exact) mass is 547 g/mol. The van der Waals surface area contributed by atoms with Gasteiger partial charge in [-0.05, 0) is 58.0 Å². The summed E-state index contributed by atoms with van der Waals surface area (Å²) in [7, 11) is 0. The van der Waals surface area contributed by atoms with Crippen molar-refractivity contribution in [3.05, 3.63) is 89.5 Å². The number of hydrogen-bond donors (Lipinski definition) is 3. The SMILES string of the molecule is CC(=O)Nc1ccc(C2OC(CSc3nnnn3-c3ccc(O)cc3)C(C)C(c3ccc(CO)cc3)O2)cc1. The Morgan fingerprint density at radius 1 is 1.00 bits per heavy atom. The fourth-order valence-electron chi connectivity index (χ4n) is 4.42. The molecular weight excluding hydrogens is 518 g/mol. The Morgan fingerprint density at radius 2 is 1.69 bits per heavy atom. The van der Waals surface area contributed by atoms with Crippen molar-refractivity contribution in [2.24, 2.45) is 5.92 Å². The van der Waals surface area contributed by atoms with Crippen LogP contribution in [0, 0.1) is 5.92 Å². The van der Waals surface area contributed by atoms with E-state index in [4.69, 9.17) is 9.47 Å². The Hall–Kier alpha value is -3.77. The fourth-order valence-corrected chi connectivity index (χ4v) is 5.47. The van der Waals surface area contributed by atoms with Crippen LogP contribution >= 0.6 is 11.8 Å². The minimum Gasteiger partial charge on any atom is -0.508 e. The van der Waals surface area contributed by atoms with Crippen LogP contribution in [0.3, 0.4) is 0 Å². The summed E-state index contributed by atoms with van der Waals surface area (Å²) in [5, 5.41) is 34.6. The standard InChI is InChI=1S/C28H29N5O5S/c1-17-25(16-39-28-30-31-32-33(28)23-11-13-24(36)14-12-23)37-27(21-7-9-22(10-8-21)29-18(2)35)38-26(17)20-5-3-19(15-34)4-6-20/h3-14,17,25-27,34,36H,15-16H2,1-2H3,(H,29,35). The van der Waals surface area contributed by atoms with E-state index in [0.717, 1.165) is 22.4 Å². The number of carbonyl (C=O) groups is 1. The minimum absolute atomic E-state index is 0.00891. The molecule has 39 heavy (non-hydrogen) atoms.